The van der Waals surface area contributed by atoms with Gasteiger partial charge in [0.1, 0.15) is 11.5 Å². The fourth-order valence-electron chi connectivity index (χ4n) is 2.32. The molecule has 10 heteroatoms. The number of hydrogen-bond acceptors (Lipinski definition) is 6. The van der Waals surface area contributed by atoms with Gasteiger partial charge in [0.05, 0.1) is 16.0 Å². The summed E-state index contributed by atoms with van der Waals surface area (Å²) in [6.45, 7) is 1.86. The summed E-state index contributed by atoms with van der Waals surface area (Å²) in [4.78, 5) is 2.22. The molecule has 2 aromatic carbocycles. The van der Waals surface area contributed by atoms with Crippen LogP contribution in [0.1, 0.15) is 11.3 Å². The third kappa shape index (κ3) is 4.66. The summed E-state index contributed by atoms with van der Waals surface area (Å²) in [6, 6.07) is 15.5. The van der Waals surface area contributed by atoms with E-state index in [1.54, 1.807) is 36.4 Å². The number of sulfonamides is 2. The van der Waals surface area contributed by atoms with Gasteiger partial charge in [-0.05, 0) is 55.5 Å². The number of primary sulfonamides is 1. The van der Waals surface area contributed by atoms with Crippen LogP contribution in [-0.2, 0) is 20.0 Å². The number of nitrogens with zero attached hydrogens (tertiary/aromatic N) is 1. The number of nitrogens with two attached hydrogens (primary N) is 1. The first-order valence-corrected chi connectivity index (χ1v) is 11.0. The second-order valence-electron chi connectivity index (χ2n) is 5.94. The van der Waals surface area contributed by atoms with E-state index in [2.05, 4.69) is 9.93 Å². The highest BCUT2D eigenvalue weighted by Crippen LogP contribution is 2.23. The van der Waals surface area contributed by atoms with E-state index in [0.717, 1.165) is 5.56 Å². The van der Waals surface area contributed by atoms with Crippen LogP contribution in [0, 0.1) is 6.92 Å². The number of hydrogen-bond donors (Lipinski definition) is 2. The topological polar surface area (TPSA) is 132 Å². The van der Waals surface area contributed by atoms with E-state index in [1.165, 1.54) is 30.5 Å². The summed E-state index contributed by atoms with van der Waals surface area (Å²) in [5.74, 6) is 0.779. The number of furan rings is 1. The molecule has 0 fully saturated rings. The minimum atomic E-state index is -3.77. The van der Waals surface area contributed by atoms with Crippen LogP contribution in [0.4, 0.5) is 0 Å². The lowest BCUT2D eigenvalue weighted by molar-refractivity contribution is 0.573. The smallest absolute Gasteiger partial charge is 0.276 e. The molecule has 0 atom stereocenters. The van der Waals surface area contributed by atoms with E-state index < -0.39 is 20.0 Å². The van der Waals surface area contributed by atoms with E-state index in [1.807, 2.05) is 6.92 Å². The molecule has 0 aliphatic carbocycles. The van der Waals surface area contributed by atoms with E-state index in [9.17, 15) is 16.8 Å². The normalized spacial score (nSPS) is 12.4. The van der Waals surface area contributed by atoms with Gasteiger partial charge in [-0.3, -0.25) is 0 Å². The molecule has 3 N–H and O–H groups in total. The van der Waals surface area contributed by atoms with Crippen LogP contribution in [-0.4, -0.2) is 23.1 Å². The van der Waals surface area contributed by atoms with Crippen molar-refractivity contribution in [2.45, 2.75) is 16.7 Å². The van der Waals surface area contributed by atoms with Crippen molar-refractivity contribution in [1.29, 1.82) is 0 Å². The summed E-state index contributed by atoms with van der Waals surface area (Å²) in [5, 5.41) is 8.78. The van der Waals surface area contributed by atoms with Crippen molar-refractivity contribution in [2.24, 2.45) is 10.2 Å². The molecule has 0 spiro atoms. The van der Waals surface area contributed by atoms with E-state index >= 15 is 0 Å². The lowest BCUT2D eigenvalue weighted by Crippen LogP contribution is -2.18. The minimum Gasteiger partial charge on any atom is -0.455 e. The Morgan fingerprint density at radius 3 is 2.11 bits per heavy atom. The molecule has 3 rings (SSSR count). The zero-order valence-electron chi connectivity index (χ0n) is 14.7. The summed E-state index contributed by atoms with van der Waals surface area (Å²) >= 11 is 0. The molecule has 1 heterocycles. The maximum atomic E-state index is 12.2. The zero-order valence-corrected chi connectivity index (χ0v) is 16.4. The number of hydrazone groups is 1. The molecule has 0 saturated heterocycles. The first-order valence-electron chi connectivity index (χ1n) is 8.00. The second kappa shape index (κ2) is 7.58. The zero-order chi connectivity index (χ0) is 20.4. The average molecular weight is 419 g/mol. The number of aryl methyl sites for hydroxylation is 1. The highest BCUT2D eigenvalue weighted by atomic mass is 32.2. The SMILES string of the molecule is Cc1ccc(S(=O)(=O)N/N=C\c2ccc(-c3ccc(S(N)(=O)=O)cc3)o2)cc1. The minimum absolute atomic E-state index is 0.00453. The number of benzene rings is 2. The van der Waals surface area contributed by atoms with Crippen LogP contribution in [0.2, 0.25) is 0 Å². The number of nitrogens with one attached hydrogen (secondary N) is 1. The molecular weight excluding hydrogens is 402 g/mol. The number of rotatable bonds is 6. The fraction of sp³-hybridized carbons (Fsp3) is 0.0556. The molecule has 3 aromatic rings. The average Bonchev–Trinajstić information content (AvgIpc) is 3.10. The van der Waals surface area contributed by atoms with Crippen molar-refractivity contribution < 1.29 is 21.3 Å². The van der Waals surface area contributed by atoms with Gasteiger partial charge in [-0.15, -0.1) is 0 Å². The second-order valence-corrected chi connectivity index (χ2v) is 9.16. The summed E-state index contributed by atoms with van der Waals surface area (Å²) in [5.41, 5.74) is 1.58. The van der Waals surface area contributed by atoms with Gasteiger partial charge in [-0.2, -0.15) is 18.4 Å². The first kappa shape index (κ1) is 19.8. The maximum absolute atomic E-state index is 12.2. The quantitative estimate of drug-likeness (QED) is 0.467. The van der Waals surface area contributed by atoms with Crippen LogP contribution in [0.3, 0.4) is 0 Å². The molecule has 0 radical (unpaired) electrons. The molecule has 0 amide bonds. The Hall–Kier alpha value is -2.95. The Morgan fingerprint density at radius 2 is 1.50 bits per heavy atom. The molecule has 0 bridgehead atoms. The molecule has 1 aromatic heterocycles. The van der Waals surface area contributed by atoms with Crippen LogP contribution < -0.4 is 9.97 Å². The van der Waals surface area contributed by atoms with Crippen molar-refractivity contribution in [2.75, 3.05) is 0 Å². The highest BCUT2D eigenvalue weighted by molar-refractivity contribution is 7.89. The Bertz CT molecular complexity index is 1210. The van der Waals surface area contributed by atoms with Crippen LogP contribution in [0.15, 0.2) is 80.0 Å². The fourth-order valence-corrected chi connectivity index (χ4v) is 3.62. The van der Waals surface area contributed by atoms with Gasteiger partial charge in [0.15, 0.2) is 0 Å². The van der Waals surface area contributed by atoms with Gasteiger partial charge in [0.25, 0.3) is 10.0 Å². The third-order valence-corrected chi connectivity index (χ3v) is 5.96. The largest absolute Gasteiger partial charge is 0.455 e. The predicted octanol–water partition coefficient (Wildman–Crippen LogP) is 2.21. The Morgan fingerprint density at radius 1 is 0.893 bits per heavy atom. The van der Waals surface area contributed by atoms with Gasteiger partial charge in [0.2, 0.25) is 10.0 Å². The molecule has 0 saturated carbocycles. The first-order chi connectivity index (χ1) is 13.1. The molecule has 8 nitrogen and oxygen atoms in total. The van der Waals surface area contributed by atoms with Gasteiger partial charge >= 0.3 is 0 Å². The third-order valence-electron chi connectivity index (χ3n) is 3.79. The Balaban J connectivity index is 1.71. The molecule has 0 unspecified atom stereocenters. The molecule has 146 valence electrons. The monoisotopic (exact) mass is 419 g/mol. The summed E-state index contributed by atoms with van der Waals surface area (Å²) in [6.07, 6.45) is 1.23. The molecule has 28 heavy (non-hydrogen) atoms. The molecule has 0 aliphatic rings. The van der Waals surface area contributed by atoms with Crippen molar-refractivity contribution in [3.63, 3.8) is 0 Å². The van der Waals surface area contributed by atoms with Crippen molar-refractivity contribution in [1.82, 2.24) is 4.83 Å². The van der Waals surface area contributed by atoms with Gasteiger partial charge in [0, 0.05) is 5.56 Å². The van der Waals surface area contributed by atoms with Gasteiger partial charge in [-0.25, -0.2) is 13.6 Å². The predicted molar refractivity (Wildman–Crippen MR) is 105 cm³/mol. The lowest BCUT2D eigenvalue weighted by atomic mass is 10.2. The van der Waals surface area contributed by atoms with Crippen LogP contribution in [0.25, 0.3) is 11.3 Å². The van der Waals surface area contributed by atoms with Gasteiger partial charge in [-0.1, -0.05) is 17.7 Å². The standard InChI is InChI=1S/C18H17N3O5S2/c1-13-2-7-17(8-3-13)28(24,25)21-20-12-15-6-11-18(26-15)14-4-9-16(10-5-14)27(19,22)23/h2-12,21H,1H3,(H2,19,22,23)/b20-12-. The van der Waals surface area contributed by atoms with E-state index in [4.69, 9.17) is 9.56 Å². The molecule has 0 aliphatic heterocycles. The Labute approximate surface area is 162 Å². The van der Waals surface area contributed by atoms with Gasteiger partial charge < -0.3 is 4.42 Å². The van der Waals surface area contributed by atoms with Crippen molar-refractivity contribution >= 4 is 26.3 Å². The molecular formula is C18H17N3O5S2. The lowest BCUT2D eigenvalue weighted by Gasteiger charge is -2.03. The van der Waals surface area contributed by atoms with E-state index in [0.29, 0.717) is 17.1 Å². The van der Waals surface area contributed by atoms with E-state index in [-0.39, 0.29) is 9.79 Å². The summed E-state index contributed by atoms with van der Waals surface area (Å²) < 4.78 is 52.5. The highest BCUT2D eigenvalue weighted by Gasteiger charge is 2.12. The van der Waals surface area contributed by atoms with Crippen LogP contribution >= 0.6 is 0 Å². The van der Waals surface area contributed by atoms with Crippen molar-refractivity contribution in [3.8, 4) is 11.3 Å². The summed E-state index contributed by atoms with van der Waals surface area (Å²) in [7, 11) is -7.53. The maximum Gasteiger partial charge on any atom is 0.276 e. The van der Waals surface area contributed by atoms with Crippen molar-refractivity contribution in [3.05, 3.63) is 72.0 Å². The Kier molecular flexibility index (Phi) is 5.36. The van der Waals surface area contributed by atoms with Crippen LogP contribution in [0.5, 0.6) is 0 Å².